The molecule has 252 valence electrons. The van der Waals surface area contributed by atoms with Crippen molar-refractivity contribution in [1.29, 1.82) is 0 Å². The van der Waals surface area contributed by atoms with E-state index in [1.54, 1.807) is 12.2 Å². The van der Waals surface area contributed by atoms with Gasteiger partial charge in [-0.1, -0.05) is 135 Å². The molecule has 46 heavy (non-hydrogen) atoms. The summed E-state index contributed by atoms with van der Waals surface area (Å²) in [6, 6.07) is 0. The minimum Gasteiger partial charge on any atom is -0.166 e. The van der Waals surface area contributed by atoms with E-state index in [2.05, 4.69) is 41.5 Å². The molecule has 0 amide bonds. The van der Waals surface area contributed by atoms with Crippen LogP contribution in [0, 0.1) is 10.8 Å². The quantitative estimate of drug-likeness (QED) is 0.164. The maximum absolute atomic E-state index is 13.6. The van der Waals surface area contributed by atoms with Gasteiger partial charge in [0, 0.05) is 0 Å². The molecule has 6 heteroatoms. The Morgan fingerprint density at radius 3 is 1.20 bits per heavy atom. The fraction of sp³-hybridized carbons (Fsp3) is 0.450. The van der Waals surface area contributed by atoms with Crippen molar-refractivity contribution in [1.82, 2.24) is 0 Å². The van der Waals surface area contributed by atoms with Crippen LogP contribution in [-0.4, -0.2) is 12.4 Å². The van der Waals surface area contributed by atoms with Crippen LogP contribution in [0.2, 0.25) is 0 Å². The molecule has 0 spiro atoms. The second-order valence-corrected chi connectivity index (χ2v) is 13.7. The van der Waals surface area contributed by atoms with Crippen LogP contribution in [0.1, 0.15) is 93.9 Å². The van der Waals surface area contributed by atoms with Crippen molar-refractivity contribution in [3.63, 3.8) is 0 Å². The first-order chi connectivity index (χ1) is 21.2. The van der Waals surface area contributed by atoms with Crippen LogP contribution in [0.5, 0.6) is 0 Å². The van der Waals surface area contributed by atoms with E-state index in [9.17, 15) is 26.3 Å². The molecule has 0 saturated heterocycles. The van der Waals surface area contributed by atoms with Crippen LogP contribution in [0.3, 0.4) is 0 Å². The van der Waals surface area contributed by atoms with Crippen LogP contribution in [0.4, 0.5) is 26.3 Å². The van der Waals surface area contributed by atoms with Crippen molar-refractivity contribution in [3.05, 3.63) is 130 Å². The molecule has 2 aliphatic rings. The van der Waals surface area contributed by atoms with Crippen LogP contribution in [0.15, 0.2) is 130 Å². The van der Waals surface area contributed by atoms with Crippen LogP contribution < -0.4 is 0 Å². The number of hydrogen-bond donors (Lipinski definition) is 0. The second-order valence-electron chi connectivity index (χ2n) is 13.7. The standard InChI is InChI=1S/C40H50F6/c1-29(23-25-35-31(3)17-13-27-37(35,5)6)15-11-21-33(39(41,42)43)19-9-10-20-34(40(44,45)46)22-12-16-30(2)24-26-36-32(4)18-14-28-38(36,7)8/h9-12,15-16,19-26H,13-14,17-18,27-28H2,1-8H3/b10-9+,21-11+,22-12+,25-23+,26-24+,29-15+,30-16+,33-19+,34-20+. The lowest BCUT2D eigenvalue weighted by atomic mass is 9.72. The molecule has 0 atom stereocenters. The summed E-state index contributed by atoms with van der Waals surface area (Å²) in [5.74, 6) is 0. The van der Waals surface area contributed by atoms with Crippen molar-refractivity contribution < 1.29 is 26.3 Å². The predicted octanol–water partition coefficient (Wildman–Crippen LogP) is 13.7. The Kier molecular flexibility index (Phi) is 14.0. The zero-order valence-electron chi connectivity index (χ0n) is 28.6. The van der Waals surface area contributed by atoms with Gasteiger partial charge in [-0.15, -0.1) is 0 Å². The average molecular weight is 645 g/mol. The molecule has 0 bridgehead atoms. The molecule has 0 saturated carbocycles. The summed E-state index contributed by atoms with van der Waals surface area (Å²) < 4.78 is 81.7. The summed E-state index contributed by atoms with van der Waals surface area (Å²) >= 11 is 0. The van der Waals surface area contributed by atoms with Gasteiger partial charge in [0.15, 0.2) is 0 Å². The monoisotopic (exact) mass is 644 g/mol. The van der Waals surface area contributed by atoms with Crippen molar-refractivity contribution >= 4 is 0 Å². The molecular weight excluding hydrogens is 594 g/mol. The smallest absolute Gasteiger partial charge is 0.166 e. The summed E-state index contributed by atoms with van der Waals surface area (Å²) in [5.41, 5.74) is 4.90. The Morgan fingerprint density at radius 1 is 0.543 bits per heavy atom. The summed E-state index contributed by atoms with van der Waals surface area (Å²) in [7, 11) is 0. The van der Waals surface area contributed by atoms with Gasteiger partial charge < -0.3 is 0 Å². The first-order valence-corrected chi connectivity index (χ1v) is 15.9. The zero-order valence-corrected chi connectivity index (χ0v) is 28.6. The molecule has 0 aromatic rings. The number of hydrogen-bond acceptors (Lipinski definition) is 0. The SMILES string of the molecule is CC1=C(/C=C/C(C)=C/C=C/C(=C\C=C\C=C(/C=C/C=C(C)/C=C/C2=C(C)CCCC2(C)C)C(F)(F)F)C(F)(F)F)C(C)(C)CCC1. The summed E-state index contributed by atoms with van der Waals surface area (Å²) in [6.45, 7) is 16.6. The van der Waals surface area contributed by atoms with E-state index in [1.807, 2.05) is 38.2 Å². The highest BCUT2D eigenvalue weighted by Gasteiger charge is 2.32. The molecule has 0 aromatic heterocycles. The normalized spacial score (nSPS) is 21.4. The van der Waals surface area contributed by atoms with Crippen LogP contribution in [0.25, 0.3) is 0 Å². The Hall–Kier alpha value is -3.28. The number of allylic oxidation sites excluding steroid dienone is 22. The van der Waals surface area contributed by atoms with E-state index >= 15 is 0 Å². The lowest BCUT2D eigenvalue weighted by molar-refractivity contribution is -0.0891. The lowest BCUT2D eigenvalue weighted by Crippen LogP contribution is -2.19. The minimum absolute atomic E-state index is 0.0555. The minimum atomic E-state index is -4.67. The highest BCUT2D eigenvalue weighted by molar-refractivity contribution is 5.40. The molecule has 0 aliphatic heterocycles. The molecule has 0 aromatic carbocycles. The van der Waals surface area contributed by atoms with E-state index < -0.39 is 23.5 Å². The lowest BCUT2D eigenvalue weighted by Gasteiger charge is -2.33. The fourth-order valence-electron chi connectivity index (χ4n) is 5.98. The Bertz CT molecular complexity index is 1310. The molecule has 0 heterocycles. The topological polar surface area (TPSA) is 0 Å². The number of halogens is 6. The number of alkyl halides is 6. The predicted molar refractivity (Wildman–Crippen MR) is 182 cm³/mol. The van der Waals surface area contributed by atoms with Gasteiger partial charge in [0.1, 0.15) is 0 Å². The summed E-state index contributed by atoms with van der Waals surface area (Å²) in [5, 5.41) is 0. The molecule has 0 N–H and O–H groups in total. The van der Waals surface area contributed by atoms with E-state index in [0.29, 0.717) is 0 Å². The van der Waals surface area contributed by atoms with Crippen molar-refractivity contribution in [2.24, 2.45) is 10.8 Å². The van der Waals surface area contributed by atoms with Gasteiger partial charge in [0.05, 0.1) is 11.1 Å². The Balaban J connectivity index is 2.19. The molecule has 0 unspecified atom stereocenters. The van der Waals surface area contributed by atoms with Crippen molar-refractivity contribution in [2.45, 2.75) is 106 Å². The van der Waals surface area contributed by atoms with Crippen molar-refractivity contribution in [2.75, 3.05) is 0 Å². The maximum atomic E-state index is 13.6. The highest BCUT2D eigenvalue weighted by Crippen LogP contribution is 2.42. The maximum Gasteiger partial charge on any atom is 0.416 e. The first kappa shape index (κ1) is 38.9. The third-order valence-corrected chi connectivity index (χ3v) is 8.70. The number of rotatable bonds is 10. The third-order valence-electron chi connectivity index (χ3n) is 8.70. The Labute approximate surface area is 272 Å². The summed E-state index contributed by atoms with van der Waals surface area (Å²) in [6.07, 6.45) is 16.1. The average Bonchev–Trinajstić information content (AvgIpc) is 2.90. The van der Waals surface area contributed by atoms with Gasteiger partial charge in [0.2, 0.25) is 0 Å². The second kappa shape index (κ2) is 16.5. The largest absolute Gasteiger partial charge is 0.416 e. The summed E-state index contributed by atoms with van der Waals surface area (Å²) in [4.78, 5) is 0. The van der Waals surface area contributed by atoms with E-state index in [0.717, 1.165) is 86.1 Å². The van der Waals surface area contributed by atoms with Gasteiger partial charge in [-0.05, 0) is 88.2 Å². The van der Waals surface area contributed by atoms with E-state index in [4.69, 9.17) is 0 Å². The molecular formula is C40H50F6. The van der Waals surface area contributed by atoms with Crippen molar-refractivity contribution in [3.8, 4) is 0 Å². The first-order valence-electron chi connectivity index (χ1n) is 15.9. The molecule has 0 radical (unpaired) electrons. The van der Waals surface area contributed by atoms with Crippen LogP contribution in [-0.2, 0) is 0 Å². The van der Waals surface area contributed by atoms with Gasteiger partial charge in [-0.25, -0.2) is 0 Å². The molecule has 2 rings (SSSR count). The van der Waals surface area contributed by atoms with Gasteiger partial charge >= 0.3 is 12.4 Å². The highest BCUT2D eigenvalue weighted by atomic mass is 19.4. The van der Waals surface area contributed by atoms with Crippen LogP contribution >= 0.6 is 0 Å². The fourth-order valence-corrected chi connectivity index (χ4v) is 5.98. The molecule has 2 aliphatic carbocycles. The zero-order chi connectivity index (χ0) is 34.8. The van der Waals surface area contributed by atoms with Gasteiger partial charge in [0.25, 0.3) is 0 Å². The van der Waals surface area contributed by atoms with E-state index in [1.165, 1.54) is 34.4 Å². The Morgan fingerprint density at radius 2 is 0.891 bits per heavy atom. The molecule has 0 fully saturated rings. The third kappa shape index (κ3) is 12.5. The van der Waals surface area contributed by atoms with Gasteiger partial charge in [-0.3, -0.25) is 0 Å². The van der Waals surface area contributed by atoms with Gasteiger partial charge in [-0.2, -0.15) is 26.3 Å². The molecule has 0 nitrogen and oxygen atoms in total. The van der Waals surface area contributed by atoms with E-state index in [-0.39, 0.29) is 10.8 Å².